The number of aryl methyl sites for hydroxylation is 1. The Morgan fingerprint density at radius 1 is 1.33 bits per heavy atom. The lowest BCUT2D eigenvalue weighted by Gasteiger charge is -2.23. The summed E-state index contributed by atoms with van der Waals surface area (Å²) in [5, 5.41) is 8.93. The standard InChI is InChI=1S/C13H19N3O2/c1-10-8-11(13(17)18)9-14-12(10)16-5-3-4-15(2)6-7-16/h8-9H,3-7H2,1-2H3,(H,17,18). The maximum Gasteiger partial charge on any atom is 0.337 e. The lowest BCUT2D eigenvalue weighted by Crippen LogP contribution is -2.30. The van der Waals surface area contributed by atoms with Gasteiger partial charge in [-0.3, -0.25) is 0 Å². The van der Waals surface area contributed by atoms with Crippen LogP contribution >= 0.6 is 0 Å². The Morgan fingerprint density at radius 2 is 2.11 bits per heavy atom. The molecule has 2 rings (SSSR count). The Morgan fingerprint density at radius 3 is 2.78 bits per heavy atom. The van der Waals surface area contributed by atoms with E-state index in [4.69, 9.17) is 5.11 Å². The quantitative estimate of drug-likeness (QED) is 0.854. The summed E-state index contributed by atoms with van der Waals surface area (Å²) in [6.07, 6.45) is 2.55. The molecular weight excluding hydrogens is 230 g/mol. The second kappa shape index (κ2) is 5.35. The number of hydrogen-bond donors (Lipinski definition) is 1. The van der Waals surface area contributed by atoms with Crippen LogP contribution in [0.5, 0.6) is 0 Å². The van der Waals surface area contributed by atoms with E-state index < -0.39 is 5.97 Å². The average molecular weight is 249 g/mol. The molecule has 0 atom stereocenters. The highest BCUT2D eigenvalue weighted by atomic mass is 16.4. The van der Waals surface area contributed by atoms with Crippen molar-refractivity contribution in [2.75, 3.05) is 38.1 Å². The van der Waals surface area contributed by atoms with Gasteiger partial charge in [-0.05, 0) is 38.6 Å². The Kier molecular flexibility index (Phi) is 3.81. The number of anilines is 1. The molecule has 1 fully saturated rings. The molecule has 0 unspecified atom stereocenters. The SMILES string of the molecule is Cc1cc(C(=O)O)cnc1N1CCCN(C)CC1. The summed E-state index contributed by atoms with van der Waals surface area (Å²) in [4.78, 5) is 19.7. The number of carboxylic acids is 1. The van der Waals surface area contributed by atoms with E-state index in [0.717, 1.165) is 44.0 Å². The van der Waals surface area contributed by atoms with Crippen molar-refractivity contribution in [2.45, 2.75) is 13.3 Å². The highest BCUT2D eigenvalue weighted by Gasteiger charge is 2.16. The van der Waals surface area contributed by atoms with Gasteiger partial charge in [-0.1, -0.05) is 0 Å². The molecule has 1 aromatic heterocycles. The van der Waals surface area contributed by atoms with E-state index >= 15 is 0 Å². The van der Waals surface area contributed by atoms with Crippen LogP contribution in [-0.4, -0.2) is 54.2 Å². The summed E-state index contributed by atoms with van der Waals surface area (Å²) in [7, 11) is 2.12. The first-order chi connectivity index (χ1) is 8.58. The van der Waals surface area contributed by atoms with Crippen molar-refractivity contribution in [3.8, 4) is 0 Å². The summed E-state index contributed by atoms with van der Waals surface area (Å²) in [6, 6.07) is 1.69. The second-order valence-corrected chi connectivity index (χ2v) is 4.81. The zero-order valence-corrected chi connectivity index (χ0v) is 10.9. The Labute approximate surface area is 107 Å². The molecule has 0 radical (unpaired) electrons. The van der Waals surface area contributed by atoms with E-state index in [0.29, 0.717) is 0 Å². The molecule has 1 saturated heterocycles. The largest absolute Gasteiger partial charge is 0.478 e. The van der Waals surface area contributed by atoms with Crippen molar-refractivity contribution in [2.24, 2.45) is 0 Å². The fourth-order valence-corrected chi connectivity index (χ4v) is 2.27. The van der Waals surface area contributed by atoms with Gasteiger partial charge in [0.15, 0.2) is 0 Å². The van der Waals surface area contributed by atoms with Crippen LogP contribution in [0, 0.1) is 6.92 Å². The van der Waals surface area contributed by atoms with Crippen molar-refractivity contribution in [3.63, 3.8) is 0 Å². The van der Waals surface area contributed by atoms with Gasteiger partial charge in [0.25, 0.3) is 0 Å². The summed E-state index contributed by atoms with van der Waals surface area (Å²) < 4.78 is 0. The molecule has 0 bridgehead atoms. The topological polar surface area (TPSA) is 56.7 Å². The third-order valence-electron chi connectivity index (χ3n) is 3.32. The lowest BCUT2D eigenvalue weighted by atomic mass is 10.2. The molecule has 0 amide bonds. The van der Waals surface area contributed by atoms with E-state index in [1.54, 1.807) is 6.07 Å². The van der Waals surface area contributed by atoms with Crippen molar-refractivity contribution >= 4 is 11.8 Å². The summed E-state index contributed by atoms with van der Waals surface area (Å²) >= 11 is 0. The highest BCUT2D eigenvalue weighted by molar-refractivity contribution is 5.87. The third-order valence-corrected chi connectivity index (χ3v) is 3.32. The zero-order valence-electron chi connectivity index (χ0n) is 10.9. The van der Waals surface area contributed by atoms with Crippen molar-refractivity contribution in [1.82, 2.24) is 9.88 Å². The first kappa shape index (κ1) is 12.8. The Hall–Kier alpha value is -1.62. The van der Waals surface area contributed by atoms with Crippen molar-refractivity contribution in [3.05, 3.63) is 23.4 Å². The van der Waals surface area contributed by atoms with E-state index in [1.807, 2.05) is 6.92 Å². The molecule has 0 spiro atoms. The van der Waals surface area contributed by atoms with Gasteiger partial charge >= 0.3 is 5.97 Å². The average Bonchev–Trinajstić information content (AvgIpc) is 2.54. The summed E-state index contributed by atoms with van der Waals surface area (Å²) in [5.41, 5.74) is 1.18. The highest BCUT2D eigenvalue weighted by Crippen LogP contribution is 2.19. The summed E-state index contributed by atoms with van der Waals surface area (Å²) in [6.45, 7) is 5.95. The molecule has 98 valence electrons. The summed E-state index contributed by atoms with van der Waals surface area (Å²) in [5.74, 6) is -0.0111. The molecule has 1 aliphatic rings. The molecule has 1 N–H and O–H groups in total. The number of carbonyl (C=O) groups is 1. The maximum absolute atomic E-state index is 10.9. The second-order valence-electron chi connectivity index (χ2n) is 4.81. The van der Waals surface area contributed by atoms with Gasteiger partial charge in [0.2, 0.25) is 0 Å². The first-order valence-corrected chi connectivity index (χ1v) is 6.21. The van der Waals surface area contributed by atoms with Crippen LogP contribution in [0.15, 0.2) is 12.3 Å². The molecule has 0 aromatic carbocycles. The number of nitrogens with zero attached hydrogens (tertiary/aromatic N) is 3. The predicted octanol–water partition coefficient (Wildman–Crippen LogP) is 1.23. The Bertz CT molecular complexity index is 448. The number of hydrogen-bond acceptors (Lipinski definition) is 4. The number of rotatable bonds is 2. The molecule has 5 nitrogen and oxygen atoms in total. The third kappa shape index (κ3) is 2.79. The van der Waals surface area contributed by atoms with Crippen LogP contribution in [0.4, 0.5) is 5.82 Å². The Balaban J connectivity index is 2.20. The van der Waals surface area contributed by atoms with Crippen molar-refractivity contribution in [1.29, 1.82) is 0 Å². The molecule has 2 heterocycles. The van der Waals surface area contributed by atoms with Gasteiger partial charge in [0.1, 0.15) is 5.82 Å². The van der Waals surface area contributed by atoms with Crippen LogP contribution in [0.25, 0.3) is 0 Å². The minimum atomic E-state index is -0.923. The molecule has 0 aliphatic carbocycles. The predicted molar refractivity (Wildman–Crippen MR) is 70.3 cm³/mol. The number of pyridine rings is 1. The molecule has 5 heteroatoms. The zero-order chi connectivity index (χ0) is 13.1. The van der Waals surface area contributed by atoms with Crippen LogP contribution < -0.4 is 4.90 Å². The van der Waals surface area contributed by atoms with E-state index in [9.17, 15) is 4.79 Å². The van der Waals surface area contributed by atoms with E-state index in [2.05, 4.69) is 21.8 Å². The van der Waals surface area contributed by atoms with Crippen LogP contribution in [-0.2, 0) is 0 Å². The van der Waals surface area contributed by atoms with Gasteiger partial charge in [0, 0.05) is 25.8 Å². The first-order valence-electron chi connectivity index (χ1n) is 6.21. The fourth-order valence-electron chi connectivity index (χ4n) is 2.27. The van der Waals surface area contributed by atoms with Crippen molar-refractivity contribution < 1.29 is 9.90 Å². The van der Waals surface area contributed by atoms with Gasteiger partial charge in [-0.25, -0.2) is 9.78 Å². The minimum absolute atomic E-state index is 0.253. The number of carboxylic acid groups (broad SMARTS) is 1. The molecular formula is C13H19N3O2. The van der Waals surface area contributed by atoms with E-state index in [1.165, 1.54) is 6.20 Å². The number of likely N-dealkylation sites (N-methyl/N-ethyl adjacent to an activating group) is 1. The fraction of sp³-hybridized carbons (Fsp3) is 0.538. The molecule has 0 saturated carbocycles. The van der Waals surface area contributed by atoms with Gasteiger partial charge in [-0.15, -0.1) is 0 Å². The van der Waals surface area contributed by atoms with Gasteiger partial charge in [-0.2, -0.15) is 0 Å². The monoisotopic (exact) mass is 249 g/mol. The molecule has 1 aliphatic heterocycles. The van der Waals surface area contributed by atoms with Crippen LogP contribution in [0.3, 0.4) is 0 Å². The van der Waals surface area contributed by atoms with Gasteiger partial charge in [0.05, 0.1) is 5.56 Å². The number of aromatic nitrogens is 1. The number of aromatic carboxylic acids is 1. The smallest absolute Gasteiger partial charge is 0.337 e. The van der Waals surface area contributed by atoms with E-state index in [-0.39, 0.29) is 5.56 Å². The van der Waals surface area contributed by atoms with Gasteiger partial charge < -0.3 is 14.9 Å². The normalized spacial score (nSPS) is 17.6. The molecule has 18 heavy (non-hydrogen) atoms. The minimum Gasteiger partial charge on any atom is -0.478 e. The van der Waals surface area contributed by atoms with Crippen LogP contribution in [0.1, 0.15) is 22.3 Å². The van der Waals surface area contributed by atoms with Crippen LogP contribution in [0.2, 0.25) is 0 Å². The maximum atomic E-state index is 10.9. The lowest BCUT2D eigenvalue weighted by molar-refractivity contribution is 0.0696. The molecule has 1 aromatic rings.